The van der Waals surface area contributed by atoms with Crippen molar-refractivity contribution in [1.82, 2.24) is 0 Å². The Morgan fingerprint density at radius 1 is 1.00 bits per heavy atom. The molecule has 0 aromatic heterocycles. The van der Waals surface area contributed by atoms with Crippen molar-refractivity contribution in [3.8, 4) is 0 Å². The molecule has 12 heavy (non-hydrogen) atoms. The monoisotopic (exact) mass is 254 g/mol. The molecule has 0 atom stereocenters. The molecule has 0 saturated carbocycles. The summed E-state index contributed by atoms with van der Waals surface area (Å²) in [4.78, 5) is -4.20. The van der Waals surface area contributed by atoms with Crippen LogP contribution in [0.4, 0.5) is 22.0 Å². The normalized spacial score (nSPS) is 13.5. The number of hydrogen-bond donors (Lipinski definition) is 0. The maximum Gasteiger partial charge on any atom is 0.363 e. The molecule has 0 nitrogen and oxygen atoms in total. The summed E-state index contributed by atoms with van der Waals surface area (Å²) < 4.78 is 60.1. The van der Waals surface area contributed by atoms with Crippen molar-refractivity contribution in [1.29, 1.82) is 0 Å². The highest BCUT2D eigenvalue weighted by atomic mass is 79.9. The van der Waals surface area contributed by atoms with Gasteiger partial charge in [0.2, 0.25) is 0 Å². The molecule has 0 rings (SSSR count). The van der Waals surface area contributed by atoms with Crippen LogP contribution in [0.3, 0.4) is 0 Å². The van der Waals surface area contributed by atoms with Crippen LogP contribution in [0.2, 0.25) is 0 Å². The molecule has 0 amide bonds. The average Bonchev–Trinajstić information content (AvgIpc) is 1.85. The first-order valence-corrected chi connectivity index (χ1v) is 4.11. The molecule has 6 heteroatoms. The lowest BCUT2D eigenvalue weighted by molar-refractivity contribution is -0.152. The fourth-order valence-electron chi connectivity index (χ4n) is 0.583. The van der Waals surface area contributed by atoms with Crippen LogP contribution >= 0.6 is 15.9 Å². The van der Waals surface area contributed by atoms with E-state index in [-0.39, 0.29) is 12.8 Å². The summed E-state index contributed by atoms with van der Waals surface area (Å²) in [5, 5.41) is 0. The van der Waals surface area contributed by atoms with Crippen molar-refractivity contribution in [3.63, 3.8) is 0 Å². The summed E-state index contributed by atoms with van der Waals surface area (Å²) in [5.41, 5.74) is 0. The van der Waals surface area contributed by atoms with Crippen molar-refractivity contribution >= 4 is 15.9 Å². The molecule has 0 radical (unpaired) electrons. The largest absolute Gasteiger partial charge is 0.363 e. The van der Waals surface area contributed by atoms with E-state index in [0.717, 1.165) is 0 Å². The zero-order chi connectivity index (χ0) is 9.83. The van der Waals surface area contributed by atoms with Gasteiger partial charge in [0.1, 0.15) is 0 Å². The van der Waals surface area contributed by atoms with Crippen LogP contribution in [-0.4, -0.2) is 17.4 Å². The molecule has 0 aromatic carbocycles. The topological polar surface area (TPSA) is 0 Å². The highest BCUT2D eigenvalue weighted by Gasteiger charge is 2.53. The van der Waals surface area contributed by atoms with E-state index in [2.05, 4.69) is 0 Å². The van der Waals surface area contributed by atoms with Gasteiger partial charge in [0.25, 0.3) is 0 Å². The zero-order valence-electron chi connectivity index (χ0n) is 6.10. The summed E-state index contributed by atoms with van der Waals surface area (Å²) in [7, 11) is 0. The Bertz CT molecular complexity index is 130. The summed E-state index contributed by atoms with van der Waals surface area (Å²) in [6.45, 7) is -0.760. The predicted molar refractivity (Wildman–Crippen MR) is 38.6 cm³/mol. The molecular formula is C6H8BrF5. The molecule has 0 aromatic rings. The van der Waals surface area contributed by atoms with Crippen LogP contribution in [0, 0.1) is 0 Å². The molecule has 0 aliphatic carbocycles. The van der Waals surface area contributed by atoms with Gasteiger partial charge in [-0.25, -0.2) is 0 Å². The van der Waals surface area contributed by atoms with Crippen molar-refractivity contribution < 1.29 is 22.0 Å². The lowest BCUT2D eigenvalue weighted by atomic mass is 10.1. The minimum absolute atomic E-state index is 0.112. The summed E-state index contributed by atoms with van der Waals surface area (Å²) in [6.07, 6.45) is -1.36. The van der Waals surface area contributed by atoms with E-state index in [1.807, 2.05) is 0 Å². The molecule has 0 spiro atoms. The van der Waals surface area contributed by atoms with Gasteiger partial charge in [0, 0.05) is 6.42 Å². The molecule has 0 heterocycles. The first kappa shape index (κ1) is 12.1. The molecular weight excluding hydrogens is 247 g/mol. The van der Waals surface area contributed by atoms with E-state index in [0.29, 0.717) is 0 Å². The van der Waals surface area contributed by atoms with Crippen molar-refractivity contribution in [2.45, 2.75) is 30.0 Å². The number of hydrogen-bond acceptors (Lipinski definition) is 0. The molecule has 0 aliphatic heterocycles. The molecule has 0 saturated heterocycles. The van der Waals surface area contributed by atoms with Crippen molar-refractivity contribution in [2.24, 2.45) is 0 Å². The van der Waals surface area contributed by atoms with Gasteiger partial charge in [-0.15, -0.1) is 0 Å². The van der Waals surface area contributed by atoms with Crippen molar-refractivity contribution in [3.05, 3.63) is 0 Å². The maximum absolute atomic E-state index is 12.3. The van der Waals surface area contributed by atoms with E-state index in [1.54, 1.807) is 15.9 Å². The Balaban J connectivity index is 3.88. The number of alkyl halides is 6. The van der Waals surface area contributed by atoms with E-state index in [9.17, 15) is 22.0 Å². The summed E-state index contributed by atoms with van der Waals surface area (Å²) >= 11 is 1.58. The Kier molecular flexibility index (Phi) is 4.44. The van der Waals surface area contributed by atoms with E-state index < -0.39 is 23.8 Å². The minimum Gasteiger partial charge on any atom is -0.251 e. The van der Waals surface area contributed by atoms with Crippen LogP contribution in [0.15, 0.2) is 0 Å². The zero-order valence-corrected chi connectivity index (χ0v) is 7.68. The molecule has 0 fully saturated rings. The van der Waals surface area contributed by atoms with Gasteiger partial charge in [0.15, 0.2) is 0 Å². The number of halogens is 6. The van der Waals surface area contributed by atoms with Gasteiger partial charge in [-0.2, -0.15) is 17.6 Å². The third-order valence-corrected chi connectivity index (χ3v) is 1.87. The standard InChI is InChI=1S/C6H8BrF5/c7-6(11,12)5(9,10)3-1-2-4-8/h1-4H2. The third-order valence-electron chi connectivity index (χ3n) is 1.29. The number of rotatable bonds is 5. The highest BCUT2D eigenvalue weighted by Crippen LogP contribution is 2.42. The van der Waals surface area contributed by atoms with E-state index >= 15 is 0 Å². The van der Waals surface area contributed by atoms with Gasteiger partial charge in [-0.3, -0.25) is 4.39 Å². The molecule has 74 valence electrons. The summed E-state index contributed by atoms with van der Waals surface area (Å²) in [5.74, 6) is -4.10. The highest BCUT2D eigenvalue weighted by molar-refractivity contribution is 9.10. The number of unbranched alkanes of at least 4 members (excludes halogenated alkanes) is 1. The fourth-order valence-corrected chi connectivity index (χ4v) is 0.781. The van der Waals surface area contributed by atoms with Crippen LogP contribution in [-0.2, 0) is 0 Å². The average molecular weight is 255 g/mol. The summed E-state index contributed by atoms with van der Waals surface area (Å²) in [6, 6.07) is 0. The first-order valence-electron chi connectivity index (χ1n) is 3.32. The Hall–Kier alpha value is 0.130. The van der Waals surface area contributed by atoms with Crippen LogP contribution in [0.5, 0.6) is 0 Å². The molecule has 0 bridgehead atoms. The van der Waals surface area contributed by atoms with Crippen LogP contribution in [0.25, 0.3) is 0 Å². The lowest BCUT2D eigenvalue weighted by Gasteiger charge is -2.20. The fraction of sp³-hybridized carbons (Fsp3) is 1.00. The Morgan fingerprint density at radius 3 is 1.83 bits per heavy atom. The first-order chi connectivity index (χ1) is 5.31. The van der Waals surface area contributed by atoms with Gasteiger partial charge >= 0.3 is 10.8 Å². The Labute approximate surface area is 75.3 Å². The molecule has 0 aliphatic rings. The molecule has 0 N–H and O–H groups in total. The molecule has 0 unspecified atom stereocenters. The second kappa shape index (κ2) is 4.39. The van der Waals surface area contributed by atoms with Crippen LogP contribution < -0.4 is 0 Å². The minimum atomic E-state index is -4.20. The van der Waals surface area contributed by atoms with Crippen molar-refractivity contribution in [2.75, 3.05) is 6.67 Å². The van der Waals surface area contributed by atoms with E-state index in [1.165, 1.54) is 0 Å². The van der Waals surface area contributed by atoms with Gasteiger partial charge in [-0.1, -0.05) is 0 Å². The third kappa shape index (κ3) is 3.69. The second-order valence-electron chi connectivity index (χ2n) is 2.35. The van der Waals surface area contributed by atoms with Gasteiger partial charge < -0.3 is 0 Å². The SMILES string of the molecule is FCCCCC(F)(F)C(F)(F)Br. The second-order valence-corrected chi connectivity index (χ2v) is 3.34. The van der Waals surface area contributed by atoms with Crippen LogP contribution in [0.1, 0.15) is 19.3 Å². The Morgan fingerprint density at radius 2 is 1.50 bits per heavy atom. The maximum atomic E-state index is 12.3. The van der Waals surface area contributed by atoms with Gasteiger partial charge in [0.05, 0.1) is 6.67 Å². The lowest BCUT2D eigenvalue weighted by Crippen LogP contribution is -2.34. The smallest absolute Gasteiger partial charge is 0.251 e. The quantitative estimate of drug-likeness (QED) is 0.398. The van der Waals surface area contributed by atoms with Gasteiger partial charge in [-0.05, 0) is 28.8 Å². The predicted octanol–water partition coefficient (Wildman–Crippen LogP) is 3.75. The van der Waals surface area contributed by atoms with E-state index in [4.69, 9.17) is 0 Å².